The Labute approximate surface area is 116 Å². The highest BCUT2D eigenvalue weighted by Gasteiger charge is 2.10. The van der Waals surface area contributed by atoms with Crippen molar-refractivity contribution in [2.24, 2.45) is 5.73 Å². The molecule has 19 heavy (non-hydrogen) atoms. The summed E-state index contributed by atoms with van der Waals surface area (Å²) < 4.78 is 13.3. The fourth-order valence-corrected chi connectivity index (χ4v) is 2.16. The highest BCUT2D eigenvalue weighted by atomic mass is 19.1. The molecule has 3 nitrogen and oxygen atoms in total. The van der Waals surface area contributed by atoms with Gasteiger partial charge in [0.15, 0.2) is 0 Å². The molecule has 108 valence electrons. The summed E-state index contributed by atoms with van der Waals surface area (Å²) in [5.74, 6) is -0.164. The summed E-state index contributed by atoms with van der Waals surface area (Å²) in [4.78, 5) is 2.36. The van der Waals surface area contributed by atoms with Crippen LogP contribution in [0.5, 0.6) is 0 Å². The van der Waals surface area contributed by atoms with Gasteiger partial charge in [-0.25, -0.2) is 4.39 Å². The number of nitrogens with one attached hydrogen (secondary N) is 1. The zero-order chi connectivity index (χ0) is 14.3. The van der Waals surface area contributed by atoms with Crippen LogP contribution in [0.2, 0.25) is 0 Å². The average molecular weight is 267 g/mol. The van der Waals surface area contributed by atoms with E-state index in [1.54, 1.807) is 6.92 Å². The molecular formula is C15H26FN3. The topological polar surface area (TPSA) is 41.3 Å². The zero-order valence-corrected chi connectivity index (χ0v) is 12.2. The highest BCUT2D eigenvalue weighted by Crippen LogP contribution is 2.15. The van der Waals surface area contributed by atoms with Gasteiger partial charge in [-0.05, 0) is 37.2 Å². The van der Waals surface area contributed by atoms with Crippen LogP contribution in [0.25, 0.3) is 0 Å². The van der Waals surface area contributed by atoms with E-state index in [-0.39, 0.29) is 11.9 Å². The van der Waals surface area contributed by atoms with Crippen molar-refractivity contribution in [3.63, 3.8) is 0 Å². The Kier molecular flexibility index (Phi) is 6.99. The first-order chi connectivity index (χ1) is 9.12. The molecule has 0 aromatic heterocycles. The minimum absolute atomic E-state index is 0.0925. The predicted molar refractivity (Wildman–Crippen MR) is 78.7 cm³/mol. The molecule has 0 bridgehead atoms. The number of nitrogens with two attached hydrogens (primary N) is 1. The third-order valence-corrected chi connectivity index (χ3v) is 3.53. The van der Waals surface area contributed by atoms with Crippen molar-refractivity contribution in [1.82, 2.24) is 10.2 Å². The Morgan fingerprint density at radius 2 is 2.00 bits per heavy atom. The number of likely N-dealkylation sites (N-methyl/N-ethyl adjacent to an activating group) is 1. The van der Waals surface area contributed by atoms with Gasteiger partial charge < -0.3 is 16.0 Å². The number of nitrogens with zero attached hydrogens (tertiary/aromatic N) is 1. The monoisotopic (exact) mass is 267 g/mol. The molecule has 0 aliphatic heterocycles. The van der Waals surface area contributed by atoms with E-state index in [2.05, 4.69) is 24.1 Å². The first kappa shape index (κ1) is 16.1. The molecule has 4 heteroatoms. The van der Waals surface area contributed by atoms with E-state index in [0.29, 0.717) is 12.1 Å². The second kappa shape index (κ2) is 8.25. The third kappa shape index (κ3) is 4.90. The Hall–Kier alpha value is -0.970. The SMILES string of the molecule is CCN(CC)CCNC(CN)c1ccc(F)c(C)c1. The first-order valence-electron chi connectivity index (χ1n) is 7.04. The molecule has 0 heterocycles. The molecule has 0 spiro atoms. The van der Waals surface area contributed by atoms with Crippen LogP contribution < -0.4 is 11.1 Å². The van der Waals surface area contributed by atoms with Gasteiger partial charge in [0.2, 0.25) is 0 Å². The summed E-state index contributed by atoms with van der Waals surface area (Å²) in [6.07, 6.45) is 0. The molecule has 0 amide bonds. The van der Waals surface area contributed by atoms with E-state index in [0.717, 1.165) is 31.7 Å². The highest BCUT2D eigenvalue weighted by molar-refractivity contribution is 5.26. The lowest BCUT2D eigenvalue weighted by Gasteiger charge is -2.22. The number of hydrogen-bond donors (Lipinski definition) is 2. The summed E-state index contributed by atoms with van der Waals surface area (Å²) in [6, 6.07) is 5.29. The van der Waals surface area contributed by atoms with Gasteiger partial charge in [-0.3, -0.25) is 0 Å². The molecule has 0 radical (unpaired) electrons. The minimum atomic E-state index is -0.164. The van der Waals surface area contributed by atoms with E-state index < -0.39 is 0 Å². The van der Waals surface area contributed by atoms with Crippen molar-refractivity contribution in [3.8, 4) is 0 Å². The fourth-order valence-electron chi connectivity index (χ4n) is 2.16. The summed E-state index contributed by atoms with van der Waals surface area (Å²) in [7, 11) is 0. The molecule has 0 saturated carbocycles. The molecule has 0 saturated heterocycles. The van der Waals surface area contributed by atoms with Gasteiger partial charge in [-0.1, -0.05) is 26.0 Å². The summed E-state index contributed by atoms with van der Waals surface area (Å²) in [5.41, 5.74) is 7.53. The Bertz CT molecular complexity index is 378. The Morgan fingerprint density at radius 3 is 2.53 bits per heavy atom. The summed E-state index contributed by atoms with van der Waals surface area (Å²) in [5, 5.41) is 3.44. The number of aryl methyl sites for hydroxylation is 1. The van der Waals surface area contributed by atoms with E-state index in [1.807, 2.05) is 12.1 Å². The third-order valence-electron chi connectivity index (χ3n) is 3.53. The van der Waals surface area contributed by atoms with Crippen LogP contribution in [0.4, 0.5) is 4.39 Å². The fraction of sp³-hybridized carbons (Fsp3) is 0.600. The Balaban J connectivity index is 2.55. The van der Waals surface area contributed by atoms with Crippen LogP contribution >= 0.6 is 0 Å². The minimum Gasteiger partial charge on any atom is -0.329 e. The second-order valence-electron chi connectivity index (χ2n) is 4.78. The predicted octanol–water partition coefficient (Wildman–Crippen LogP) is 2.07. The molecule has 0 aliphatic carbocycles. The molecule has 1 unspecified atom stereocenters. The second-order valence-corrected chi connectivity index (χ2v) is 4.78. The van der Waals surface area contributed by atoms with Crippen molar-refractivity contribution < 1.29 is 4.39 Å². The van der Waals surface area contributed by atoms with E-state index in [4.69, 9.17) is 5.73 Å². The van der Waals surface area contributed by atoms with Gasteiger partial charge >= 0.3 is 0 Å². The lowest BCUT2D eigenvalue weighted by molar-refractivity contribution is 0.297. The van der Waals surface area contributed by atoms with Crippen LogP contribution in [-0.4, -0.2) is 37.6 Å². The van der Waals surface area contributed by atoms with Crippen molar-refractivity contribution in [1.29, 1.82) is 0 Å². The molecule has 1 atom stereocenters. The van der Waals surface area contributed by atoms with Crippen LogP contribution in [0, 0.1) is 12.7 Å². The van der Waals surface area contributed by atoms with Gasteiger partial charge in [0, 0.05) is 25.7 Å². The molecule has 1 rings (SSSR count). The maximum Gasteiger partial charge on any atom is 0.126 e. The van der Waals surface area contributed by atoms with Crippen molar-refractivity contribution in [2.75, 3.05) is 32.7 Å². The molecule has 1 aromatic carbocycles. The lowest BCUT2D eigenvalue weighted by atomic mass is 10.0. The first-order valence-corrected chi connectivity index (χ1v) is 7.04. The molecular weight excluding hydrogens is 241 g/mol. The quantitative estimate of drug-likeness (QED) is 0.757. The molecule has 3 N–H and O–H groups in total. The normalized spacial score (nSPS) is 12.9. The summed E-state index contributed by atoms with van der Waals surface area (Å²) >= 11 is 0. The van der Waals surface area contributed by atoms with E-state index in [9.17, 15) is 4.39 Å². The van der Waals surface area contributed by atoms with Crippen molar-refractivity contribution in [2.45, 2.75) is 26.8 Å². The molecule has 0 aliphatic rings. The maximum absolute atomic E-state index is 13.3. The van der Waals surface area contributed by atoms with Crippen LogP contribution in [0.1, 0.15) is 31.0 Å². The van der Waals surface area contributed by atoms with Crippen molar-refractivity contribution in [3.05, 3.63) is 35.1 Å². The van der Waals surface area contributed by atoms with Crippen LogP contribution in [-0.2, 0) is 0 Å². The molecule has 0 fully saturated rings. The number of rotatable bonds is 8. The van der Waals surface area contributed by atoms with Crippen molar-refractivity contribution >= 4 is 0 Å². The van der Waals surface area contributed by atoms with Gasteiger partial charge in [0.1, 0.15) is 5.82 Å². The number of halogens is 1. The van der Waals surface area contributed by atoms with Gasteiger partial charge in [0.05, 0.1) is 0 Å². The average Bonchev–Trinajstić information content (AvgIpc) is 2.42. The van der Waals surface area contributed by atoms with Crippen LogP contribution in [0.15, 0.2) is 18.2 Å². The van der Waals surface area contributed by atoms with E-state index in [1.165, 1.54) is 6.07 Å². The van der Waals surface area contributed by atoms with Gasteiger partial charge in [-0.15, -0.1) is 0 Å². The summed E-state index contributed by atoms with van der Waals surface area (Å²) in [6.45, 7) is 10.6. The standard InChI is InChI=1S/C15H26FN3/c1-4-19(5-2)9-8-18-15(11-17)13-6-7-14(16)12(3)10-13/h6-7,10,15,18H,4-5,8-9,11,17H2,1-3H3. The Morgan fingerprint density at radius 1 is 1.32 bits per heavy atom. The zero-order valence-electron chi connectivity index (χ0n) is 12.2. The largest absolute Gasteiger partial charge is 0.329 e. The smallest absolute Gasteiger partial charge is 0.126 e. The number of benzene rings is 1. The van der Waals surface area contributed by atoms with E-state index >= 15 is 0 Å². The number of hydrogen-bond acceptors (Lipinski definition) is 3. The maximum atomic E-state index is 13.3. The molecule has 1 aromatic rings. The van der Waals surface area contributed by atoms with Gasteiger partial charge in [-0.2, -0.15) is 0 Å². The van der Waals surface area contributed by atoms with Gasteiger partial charge in [0.25, 0.3) is 0 Å². The van der Waals surface area contributed by atoms with Crippen LogP contribution in [0.3, 0.4) is 0 Å². The lowest BCUT2D eigenvalue weighted by Crippen LogP contribution is -2.36.